The summed E-state index contributed by atoms with van der Waals surface area (Å²) >= 11 is 0. The van der Waals surface area contributed by atoms with Crippen molar-refractivity contribution in [3.05, 3.63) is 35.7 Å². The normalized spacial score (nSPS) is 13.2. The van der Waals surface area contributed by atoms with Gasteiger partial charge in [0.05, 0.1) is 0 Å². The molecule has 24 heavy (non-hydrogen) atoms. The highest BCUT2D eigenvalue weighted by atomic mass is 19.4. The fraction of sp³-hybridized carbons (Fsp3) is 0.333. The number of nitrogens with zero attached hydrogens (tertiary/aromatic N) is 3. The summed E-state index contributed by atoms with van der Waals surface area (Å²) in [5.74, 6) is -1.89. The fourth-order valence-electron chi connectivity index (χ4n) is 1.86. The van der Waals surface area contributed by atoms with Crippen LogP contribution in [0.1, 0.15) is 29.6 Å². The number of carbonyl (C=O) groups is 1. The summed E-state index contributed by atoms with van der Waals surface area (Å²) in [7, 11) is 1.65. The molecule has 0 fully saturated rings. The van der Waals surface area contributed by atoms with Gasteiger partial charge >= 0.3 is 12.1 Å². The second-order valence-electron chi connectivity index (χ2n) is 5.05. The predicted molar refractivity (Wildman–Crippen MR) is 80.7 cm³/mol. The highest BCUT2D eigenvalue weighted by molar-refractivity contribution is 5.94. The second kappa shape index (κ2) is 7.24. The second-order valence-corrected chi connectivity index (χ2v) is 5.05. The number of aromatic nitrogens is 2. The van der Waals surface area contributed by atoms with Crippen LogP contribution in [0.2, 0.25) is 0 Å². The van der Waals surface area contributed by atoms with E-state index in [-0.39, 0.29) is 17.8 Å². The standard InChI is InChI=1S/C15H15F3N4O2/c1-9(7-8-19-2)20-13(23)11-5-3-10(4-6-11)12-21-14(24-22-12)15(16,17)18/h3-6,8-9H,7H2,1-2H3,(H,20,23). The molecule has 1 N–H and O–H groups in total. The summed E-state index contributed by atoms with van der Waals surface area (Å²) in [6.07, 6.45) is -2.39. The summed E-state index contributed by atoms with van der Waals surface area (Å²) in [5, 5.41) is 6.07. The van der Waals surface area contributed by atoms with Gasteiger partial charge in [0.2, 0.25) is 5.82 Å². The topological polar surface area (TPSA) is 80.4 Å². The molecule has 0 radical (unpaired) electrons. The van der Waals surface area contributed by atoms with Crippen LogP contribution in [-0.4, -0.2) is 35.4 Å². The van der Waals surface area contributed by atoms with Crippen molar-refractivity contribution in [1.29, 1.82) is 0 Å². The van der Waals surface area contributed by atoms with Crippen LogP contribution in [0, 0.1) is 0 Å². The Morgan fingerprint density at radius 3 is 2.58 bits per heavy atom. The minimum absolute atomic E-state index is 0.0903. The molecule has 0 aliphatic heterocycles. The molecular formula is C15H15F3N4O2. The van der Waals surface area contributed by atoms with E-state index in [2.05, 4.69) is 25.0 Å². The molecule has 2 rings (SSSR count). The third kappa shape index (κ3) is 4.40. The van der Waals surface area contributed by atoms with Crippen LogP contribution in [0.3, 0.4) is 0 Å². The van der Waals surface area contributed by atoms with E-state index in [9.17, 15) is 18.0 Å². The SMILES string of the molecule is CN=CCC(C)NC(=O)c1ccc(-c2noc(C(F)(F)F)n2)cc1. The quantitative estimate of drug-likeness (QED) is 0.849. The van der Waals surface area contributed by atoms with Crippen LogP contribution < -0.4 is 5.32 Å². The number of amides is 1. The Bertz CT molecular complexity index is 723. The van der Waals surface area contributed by atoms with Gasteiger partial charge in [0.1, 0.15) is 0 Å². The van der Waals surface area contributed by atoms with Crippen molar-refractivity contribution in [3.63, 3.8) is 0 Å². The number of halogens is 3. The van der Waals surface area contributed by atoms with E-state index in [1.165, 1.54) is 24.3 Å². The summed E-state index contributed by atoms with van der Waals surface area (Å²) in [5.41, 5.74) is 0.690. The number of hydrogen-bond donors (Lipinski definition) is 1. The number of hydrogen-bond acceptors (Lipinski definition) is 5. The van der Waals surface area contributed by atoms with E-state index in [1.807, 2.05) is 6.92 Å². The Morgan fingerprint density at radius 2 is 2.04 bits per heavy atom. The zero-order valence-electron chi connectivity index (χ0n) is 13.0. The summed E-state index contributed by atoms with van der Waals surface area (Å²) < 4.78 is 41.5. The first-order valence-corrected chi connectivity index (χ1v) is 7.04. The smallest absolute Gasteiger partial charge is 0.349 e. The maximum absolute atomic E-state index is 12.4. The van der Waals surface area contributed by atoms with Crippen LogP contribution in [0.25, 0.3) is 11.4 Å². The number of benzene rings is 1. The Balaban J connectivity index is 2.07. The average Bonchev–Trinajstić information content (AvgIpc) is 3.03. The van der Waals surface area contributed by atoms with E-state index in [0.717, 1.165) is 0 Å². The van der Waals surface area contributed by atoms with E-state index in [4.69, 9.17) is 0 Å². The molecule has 2 aromatic rings. The van der Waals surface area contributed by atoms with Crippen LogP contribution in [-0.2, 0) is 6.18 Å². The lowest BCUT2D eigenvalue weighted by molar-refractivity contribution is -0.159. The van der Waals surface area contributed by atoms with Gasteiger partial charge in [-0.2, -0.15) is 18.2 Å². The molecule has 1 unspecified atom stereocenters. The van der Waals surface area contributed by atoms with Crippen molar-refractivity contribution in [2.75, 3.05) is 7.05 Å². The average molecular weight is 340 g/mol. The van der Waals surface area contributed by atoms with Gasteiger partial charge in [0.25, 0.3) is 5.91 Å². The molecule has 0 saturated carbocycles. The largest absolute Gasteiger partial charge is 0.471 e. The van der Waals surface area contributed by atoms with E-state index >= 15 is 0 Å². The number of nitrogens with one attached hydrogen (secondary N) is 1. The minimum atomic E-state index is -4.69. The minimum Gasteiger partial charge on any atom is -0.349 e. The monoisotopic (exact) mass is 340 g/mol. The number of alkyl halides is 3. The molecule has 1 atom stereocenters. The number of carbonyl (C=O) groups excluding carboxylic acids is 1. The molecule has 9 heteroatoms. The maximum atomic E-state index is 12.4. The summed E-state index contributed by atoms with van der Waals surface area (Å²) in [4.78, 5) is 19.2. The molecule has 128 valence electrons. The Kier molecular flexibility index (Phi) is 5.32. The van der Waals surface area contributed by atoms with Crippen molar-refractivity contribution in [1.82, 2.24) is 15.5 Å². The summed E-state index contributed by atoms with van der Waals surface area (Å²) in [6, 6.07) is 5.78. The van der Waals surface area contributed by atoms with Gasteiger partial charge in [-0.3, -0.25) is 4.79 Å². The zero-order chi connectivity index (χ0) is 17.7. The van der Waals surface area contributed by atoms with Crippen LogP contribution >= 0.6 is 0 Å². The Hall–Kier alpha value is -2.71. The molecule has 1 amide bonds. The van der Waals surface area contributed by atoms with Gasteiger partial charge in [0, 0.05) is 36.9 Å². The van der Waals surface area contributed by atoms with Gasteiger partial charge in [0.15, 0.2) is 0 Å². The molecule has 1 aromatic carbocycles. The highest BCUT2D eigenvalue weighted by Crippen LogP contribution is 2.29. The zero-order valence-corrected chi connectivity index (χ0v) is 13.0. The molecule has 0 aliphatic carbocycles. The van der Waals surface area contributed by atoms with Crippen molar-refractivity contribution in [2.24, 2.45) is 4.99 Å². The lowest BCUT2D eigenvalue weighted by Gasteiger charge is -2.11. The van der Waals surface area contributed by atoms with Gasteiger partial charge in [-0.25, -0.2) is 0 Å². The molecule has 1 heterocycles. The number of aliphatic imine (C=N–C) groups is 1. The van der Waals surface area contributed by atoms with Crippen molar-refractivity contribution in [2.45, 2.75) is 25.6 Å². The van der Waals surface area contributed by atoms with Crippen LogP contribution in [0.15, 0.2) is 33.8 Å². The maximum Gasteiger partial charge on any atom is 0.471 e. The van der Waals surface area contributed by atoms with E-state index < -0.39 is 12.1 Å². The molecular weight excluding hydrogens is 325 g/mol. The van der Waals surface area contributed by atoms with Crippen LogP contribution in [0.4, 0.5) is 13.2 Å². The van der Waals surface area contributed by atoms with Crippen molar-refractivity contribution >= 4 is 12.1 Å². The third-order valence-electron chi connectivity index (χ3n) is 3.09. The highest BCUT2D eigenvalue weighted by Gasteiger charge is 2.38. The van der Waals surface area contributed by atoms with Gasteiger partial charge in [-0.1, -0.05) is 17.3 Å². The van der Waals surface area contributed by atoms with Gasteiger partial charge in [-0.15, -0.1) is 0 Å². The predicted octanol–water partition coefficient (Wildman–Crippen LogP) is 2.96. The Labute approximate surface area is 135 Å². The van der Waals surface area contributed by atoms with E-state index in [0.29, 0.717) is 17.5 Å². The molecule has 0 saturated heterocycles. The Morgan fingerprint density at radius 1 is 1.38 bits per heavy atom. The molecule has 0 aliphatic rings. The molecule has 0 spiro atoms. The van der Waals surface area contributed by atoms with Crippen LogP contribution in [0.5, 0.6) is 0 Å². The molecule has 0 bridgehead atoms. The van der Waals surface area contributed by atoms with Crippen molar-refractivity contribution in [3.8, 4) is 11.4 Å². The van der Waals surface area contributed by atoms with Gasteiger partial charge in [-0.05, 0) is 19.1 Å². The molecule has 1 aromatic heterocycles. The molecule has 6 nitrogen and oxygen atoms in total. The first kappa shape index (κ1) is 17.6. The first-order chi connectivity index (χ1) is 11.3. The number of rotatable bonds is 5. The van der Waals surface area contributed by atoms with Crippen molar-refractivity contribution < 1.29 is 22.5 Å². The summed E-state index contributed by atoms with van der Waals surface area (Å²) in [6.45, 7) is 1.84. The third-order valence-corrected chi connectivity index (χ3v) is 3.09. The lowest BCUT2D eigenvalue weighted by atomic mass is 10.1. The van der Waals surface area contributed by atoms with E-state index in [1.54, 1.807) is 13.3 Å². The fourth-order valence-corrected chi connectivity index (χ4v) is 1.86. The lowest BCUT2D eigenvalue weighted by Crippen LogP contribution is -2.32. The van der Waals surface area contributed by atoms with Gasteiger partial charge < -0.3 is 14.8 Å². The first-order valence-electron chi connectivity index (χ1n) is 7.04.